The van der Waals surface area contributed by atoms with Crippen LogP contribution in [0, 0.1) is 5.41 Å². The zero-order chi connectivity index (χ0) is 12.2. The molecule has 0 aromatic heterocycles. The van der Waals surface area contributed by atoms with Gasteiger partial charge in [0.25, 0.3) is 0 Å². The maximum atomic E-state index is 11.7. The van der Waals surface area contributed by atoms with Gasteiger partial charge in [-0.05, 0) is 19.3 Å². The Kier molecular flexibility index (Phi) is 4.78. The molecule has 0 rings (SSSR count). The third kappa shape index (κ3) is 5.40. The average molecular weight is 215 g/mol. The van der Waals surface area contributed by atoms with Gasteiger partial charge in [0.2, 0.25) is 5.91 Å². The van der Waals surface area contributed by atoms with Gasteiger partial charge in [-0.25, -0.2) is 0 Å². The lowest BCUT2D eigenvalue weighted by Gasteiger charge is -2.27. The summed E-state index contributed by atoms with van der Waals surface area (Å²) in [5, 5.41) is 8.68. The number of carbonyl (C=O) groups is 2. The summed E-state index contributed by atoms with van der Waals surface area (Å²) in [5.74, 6) is -0.865. The zero-order valence-corrected chi connectivity index (χ0v) is 10.2. The van der Waals surface area contributed by atoms with Crippen molar-refractivity contribution in [3.05, 3.63) is 0 Å². The predicted molar refractivity (Wildman–Crippen MR) is 58.6 cm³/mol. The van der Waals surface area contributed by atoms with E-state index < -0.39 is 11.4 Å². The molecule has 0 aromatic rings. The van der Waals surface area contributed by atoms with Crippen molar-refractivity contribution in [3.8, 4) is 0 Å². The molecule has 0 saturated heterocycles. The second-order valence-electron chi connectivity index (χ2n) is 5.01. The maximum absolute atomic E-state index is 11.7. The van der Waals surface area contributed by atoms with Gasteiger partial charge in [0.15, 0.2) is 0 Å². The lowest BCUT2D eigenvalue weighted by atomic mass is 9.85. The smallest absolute Gasteiger partial charge is 0.303 e. The van der Waals surface area contributed by atoms with Gasteiger partial charge in [-0.15, -0.1) is 0 Å². The monoisotopic (exact) mass is 215 g/mol. The molecule has 0 bridgehead atoms. The molecule has 0 aliphatic rings. The molecule has 0 saturated carbocycles. The fraction of sp³-hybridized carbons (Fsp3) is 0.818. The number of rotatable bonds is 5. The Balaban J connectivity index is 4.33. The number of aliphatic carboxylic acids is 1. The lowest BCUT2D eigenvalue weighted by Crippen LogP contribution is -2.36. The van der Waals surface area contributed by atoms with Crippen molar-refractivity contribution in [2.24, 2.45) is 5.41 Å². The summed E-state index contributed by atoms with van der Waals surface area (Å²) < 4.78 is 0. The summed E-state index contributed by atoms with van der Waals surface area (Å²) in [7, 11) is 1.74. The largest absolute Gasteiger partial charge is 0.481 e. The summed E-state index contributed by atoms with van der Waals surface area (Å²) in [6.07, 6.45) is 0.290. The van der Waals surface area contributed by atoms with Crippen molar-refractivity contribution in [1.82, 2.24) is 4.90 Å². The van der Waals surface area contributed by atoms with Crippen LogP contribution in [0.5, 0.6) is 0 Å². The number of hydrogen-bond acceptors (Lipinski definition) is 2. The third-order valence-electron chi connectivity index (χ3n) is 2.43. The second-order valence-corrected chi connectivity index (χ2v) is 5.01. The lowest BCUT2D eigenvalue weighted by molar-refractivity contribution is -0.140. The normalized spacial score (nSPS) is 11.6. The van der Waals surface area contributed by atoms with Crippen molar-refractivity contribution in [2.75, 3.05) is 7.05 Å². The molecule has 1 amide bonds. The van der Waals surface area contributed by atoms with Crippen LogP contribution >= 0.6 is 0 Å². The fourth-order valence-electron chi connectivity index (χ4n) is 1.29. The van der Waals surface area contributed by atoms with E-state index in [9.17, 15) is 9.59 Å². The summed E-state index contributed by atoms with van der Waals surface area (Å²) in [6.45, 7) is 7.46. The van der Waals surface area contributed by atoms with Crippen LogP contribution in [0.1, 0.15) is 40.5 Å². The summed E-state index contributed by atoms with van der Waals surface area (Å²) >= 11 is 0. The number of amides is 1. The van der Waals surface area contributed by atoms with Crippen LogP contribution in [-0.4, -0.2) is 35.0 Å². The van der Waals surface area contributed by atoms with Crippen LogP contribution in [0.15, 0.2) is 0 Å². The molecular weight excluding hydrogens is 194 g/mol. The van der Waals surface area contributed by atoms with Crippen LogP contribution in [0.4, 0.5) is 0 Å². The molecule has 0 spiro atoms. The highest BCUT2D eigenvalue weighted by atomic mass is 16.4. The first-order chi connectivity index (χ1) is 6.65. The summed E-state index contributed by atoms with van der Waals surface area (Å²) in [6, 6.07) is 0.151. The minimum absolute atomic E-state index is 0.00347. The first-order valence-electron chi connectivity index (χ1n) is 5.13. The van der Waals surface area contributed by atoms with Crippen molar-refractivity contribution < 1.29 is 14.7 Å². The van der Waals surface area contributed by atoms with E-state index in [-0.39, 0.29) is 24.8 Å². The van der Waals surface area contributed by atoms with Crippen molar-refractivity contribution in [3.63, 3.8) is 0 Å². The first kappa shape index (κ1) is 13.9. The first-order valence-corrected chi connectivity index (χ1v) is 5.13. The summed E-state index contributed by atoms with van der Waals surface area (Å²) in [4.78, 5) is 23.9. The highest BCUT2D eigenvalue weighted by Crippen LogP contribution is 2.25. The predicted octanol–water partition coefficient (Wildman–Crippen LogP) is 1.74. The number of carboxylic acids is 1. The molecule has 0 aromatic carbocycles. The van der Waals surface area contributed by atoms with Gasteiger partial charge in [-0.2, -0.15) is 0 Å². The van der Waals surface area contributed by atoms with Crippen LogP contribution < -0.4 is 0 Å². The maximum Gasteiger partial charge on any atom is 0.303 e. The van der Waals surface area contributed by atoms with E-state index in [4.69, 9.17) is 5.11 Å². The van der Waals surface area contributed by atoms with Gasteiger partial charge in [-0.3, -0.25) is 9.59 Å². The van der Waals surface area contributed by atoms with E-state index in [1.807, 2.05) is 13.8 Å². The molecule has 88 valence electrons. The molecule has 15 heavy (non-hydrogen) atoms. The SMILES string of the molecule is CC(C)N(C)C(=O)CC(C)(C)CC(=O)O. The molecule has 0 fully saturated rings. The number of hydrogen-bond donors (Lipinski definition) is 1. The van der Waals surface area contributed by atoms with Crippen molar-refractivity contribution in [2.45, 2.75) is 46.6 Å². The van der Waals surface area contributed by atoms with Gasteiger partial charge < -0.3 is 10.0 Å². The highest BCUT2D eigenvalue weighted by Gasteiger charge is 2.27. The van der Waals surface area contributed by atoms with Crippen LogP contribution in [-0.2, 0) is 9.59 Å². The average Bonchev–Trinajstić information content (AvgIpc) is 1.98. The van der Waals surface area contributed by atoms with E-state index >= 15 is 0 Å². The Morgan fingerprint density at radius 3 is 2.07 bits per heavy atom. The van der Waals surface area contributed by atoms with E-state index in [0.29, 0.717) is 0 Å². The zero-order valence-electron chi connectivity index (χ0n) is 10.2. The van der Waals surface area contributed by atoms with Crippen molar-refractivity contribution >= 4 is 11.9 Å². The van der Waals surface area contributed by atoms with Gasteiger partial charge in [0, 0.05) is 19.5 Å². The topological polar surface area (TPSA) is 57.6 Å². The van der Waals surface area contributed by atoms with E-state index in [0.717, 1.165) is 0 Å². The van der Waals surface area contributed by atoms with Crippen molar-refractivity contribution in [1.29, 1.82) is 0 Å². The Morgan fingerprint density at radius 1 is 1.27 bits per heavy atom. The molecule has 4 nitrogen and oxygen atoms in total. The molecular formula is C11H21NO3. The Bertz CT molecular complexity index is 246. The highest BCUT2D eigenvalue weighted by molar-refractivity contribution is 5.78. The molecule has 0 aliphatic heterocycles. The quantitative estimate of drug-likeness (QED) is 0.760. The number of nitrogens with zero attached hydrogens (tertiary/aromatic N) is 1. The molecule has 1 N–H and O–H groups in total. The molecule has 0 unspecified atom stereocenters. The Labute approximate surface area is 91.3 Å². The van der Waals surface area contributed by atoms with Gasteiger partial charge >= 0.3 is 5.97 Å². The van der Waals surface area contributed by atoms with Gasteiger partial charge in [-0.1, -0.05) is 13.8 Å². The Morgan fingerprint density at radius 2 is 1.73 bits per heavy atom. The molecule has 0 atom stereocenters. The Hall–Kier alpha value is -1.06. The summed E-state index contributed by atoms with van der Waals surface area (Å²) in [5.41, 5.74) is -0.480. The van der Waals surface area contributed by atoms with Gasteiger partial charge in [0.1, 0.15) is 0 Å². The molecule has 0 aliphatic carbocycles. The third-order valence-corrected chi connectivity index (χ3v) is 2.43. The standard InChI is InChI=1S/C11H21NO3/c1-8(2)12(5)9(13)6-11(3,4)7-10(14)15/h8H,6-7H2,1-5H3,(H,14,15). The molecule has 0 radical (unpaired) electrons. The van der Waals surface area contributed by atoms with E-state index in [1.165, 1.54) is 0 Å². The van der Waals surface area contributed by atoms with Gasteiger partial charge in [0.05, 0.1) is 6.42 Å². The number of carboxylic acid groups (broad SMARTS) is 1. The molecule has 0 heterocycles. The minimum atomic E-state index is -0.861. The van der Waals surface area contributed by atoms with E-state index in [1.54, 1.807) is 25.8 Å². The van der Waals surface area contributed by atoms with Crippen LogP contribution in [0.2, 0.25) is 0 Å². The van der Waals surface area contributed by atoms with E-state index in [2.05, 4.69) is 0 Å². The van der Waals surface area contributed by atoms with Crippen LogP contribution in [0.3, 0.4) is 0 Å². The second kappa shape index (κ2) is 5.14. The van der Waals surface area contributed by atoms with Crippen LogP contribution in [0.25, 0.3) is 0 Å². The molecule has 4 heteroatoms. The fourth-order valence-corrected chi connectivity index (χ4v) is 1.29. The minimum Gasteiger partial charge on any atom is -0.481 e. The number of carbonyl (C=O) groups excluding carboxylic acids is 1.